The zero-order valence-corrected chi connectivity index (χ0v) is 14.2. The van der Waals surface area contributed by atoms with Crippen LogP contribution in [0, 0.1) is 10.8 Å². The zero-order chi connectivity index (χ0) is 16.6. The van der Waals surface area contributed by atoms with E-state index in [1.165, 1.54) is 18.3 Å². The van der Waals surface area contributed by atoms with Gasteiger partial charge in [-0.3, -0.25) is 0 Å². The van der Waals surface area contributed by atoms with Crippen LogP contribution in [0.1, 0.15) is 40.0 Å². The van der Waals surface area contributed by atoms with Crippen LogP contribution in [0.2, 0.25) is 0 Å². The largest absolute Gasteiger partial charge is 0.393 e. The van der Waals surface area contributed by atoms with Crippen molar-refractivity contribution in [3.63, 3.8) is 0 Å². The normalized spacial score (nSPS) is 28.3. The van der Waals surface area contributed by atoms with Crippen LogP contribution in [0.3, 0.4) is 0 Å². The standard InChI is InChI=1S/C15H25N3O3S/c1-14(2)7-11(19)8-15(3,9-14)10-18-13-6-12(4-5-17-13)22(16,20)21/h4-6,11,19H,7-10H2,1-3H3,(H,17,18)(H2,16,20,21). The van der Waals surface area contributed by atoms with Crippen molar-refractivity contribution in [2.45, 2.75) is 51.0 Å². The van der Waals surface area contributed by atoms with Crippen LogP contribution in [-0.4, -0.2) is 31.2 Å². The van der Waals surface area contributed by atoms with E-state index in [-0.39, 0.29) is 21.8 Å². The van der Waals surface area contributed by atoms with E-state index in [0.717, 1.165) is 19.3 Å². The van der Waals surface area contributed by atoms with Gasteiger partial charge in [0, 0.05) is 18.8 Å². The molecule has 22 heavy (non-hydrogen) atoms. The molecule has 1 aromatic heterocycles. The van der Waals surface area contributed by atoms with E-state index in [1.807, 2.05) is 0 Å². The monoisotopic (exact) mass is 327 g/mol. The van der Waals surface area contributed by atoms with Gasteiger partial charge >= 0.3 is 0 Å². The van der Waals surface area contributed by atoms with Gasteiger partial charge in [-0.1, -0.05) is 20.8 Å². The lowest BCUT2D eigenvalue weighted by Crippen LogP contribution is -2.42. The molecular weight excluding hydrogens is 302 g/mol. The minimum atomic E-state index is -3.73. The lowest BCUT2D eigenvalue weighted by Gasteiger charge is -2.45. The van der Waals surface area contributed by atoms with Gasteiger partial charge in [0.1, 0.15) is 5.82 Å². The van der Waals surface area contributed by atoms with E-state index in [4.69, 9.17) is 5.14 Å². The predicted molar refractivity (Wildman–Crippen MR) is 85.8 cm³/mol. The Morgan fingerprint density at radius 3 is 2.68 bits per heavy atom. The molecule has 1 aliphatic rings. The maximum atomic E-state index is 11.4. The van der Waals surface area contributed by atoms with Crippen molar-refractivity contribution >= 4 is 15.8 Å². The first-order valence-electron chi connectivity index (χ1n) is 7.40. The van der Waals surface area contributed by atoms with Gasteiger partial charge in [0.25, 0.3) is 0 Å². The van der Waals surface area contributed by atoms with E-state index in [1.54, 1.807) is 0 Å². The van der Waals surface area contributed by atoms with Crippen molar-refractivity contribution in [1.82, 2.24) is 4.98 Å². The van der Waals surface area contributed by atoms with Gasteiger partial charge in [0.2, 0.25) is 10.0 Å². The highest BCUT2D eigenvalue weighted by Gasteiger charge is 2.40. The maximum Gasteiger partial charge on any atom is 0.238 e. The van der Waals surface area contributed by atoms with Crippen LogP contribution in [0.25, 0.3) is 0 Å². The molecule has 2 atom stereocenters. The summed E-state index contributed by atoms with van der Waals surface area (Å²) in [5, 5.41) is 18.4. The number of hydrogen-bond donors (Lipinski definition) is 3. The van der Waals surface area contributed by atoms with Crippen LogP contribution >= 0.6 is 0 Å². The topological polar surface area (TPSA) is 105 Å². The second kappa shape index (κ2) is 5.79. The van der Waals surface area contributed by atoms with Crippen molar-refractivity contribution in [2.24, 2.45) is 16.0 Å². The molecule has 0 amide bonds. The summed E-state index contributed by atoms with van der Waals surface area (Å²) < 4.78 is 22.7. The number of pyridine rings is 1. The number of nitrogens with one attached hydrogen (secondary N) is 1. The lowest BCUT2D eigenvalue weighted by atomic mass is 9.63. The molecule has 4 N–H and O–H groups in total. The van der Waals surface area contributed by atoms with Gasteiger partial charge in [-0.05, 0) is 36.2 Å². The van der Waals surface area contributed by atoms with Crippen molar-refractivity contribution < 1.29 is 13.5 Å². The second-order valence-corrected chi connectivity index (χ2v) is 9.05. The molecular formula is C15H25N3O3S. The number of hydrogen-bond acceptors (Lipinski definition) is 5. The highest BCUT2D eigenvalue weighted by atomic mass is 32.2. The highest BCUT2D eigenvalue weighted by Crippen LogP contribution is 2.46. The summed E-state index contributed by atoms with van der Waals surface area (Å²) >= 11 is 0. The first kappa shape index (κ1) is 17.2. The third kappa shape index (κ3) is 4.41. The minimum absolute atomic E-state index is 0.0409. The first-order chi connectivity index (χ1) is 9.99. The summed E-state index contributed by atoms with van der Waals surface area (Å²) in [6.07, 6.45) is 3.63. The summed E-state index contributed by atoms with van der Waals surface area (Å²) in [5.74, 6) is 0.477. The fourth-order valence-corrected chi connectivity index (χ4v) is 4.23. The quantitative estimate of drug-likeness (QED) is 0.781. The third-order valence-electron chi connectivity index (χ3n) is 4.18. The number of anilines is 1. The molecule has 0 aliphatic heterocycles. The SMILES string of the molecule is CC1(C)CC(O)CC(C)(CNc2cc(S(N)(=O)=O)ccn2)C1. The fraction of sp³-hybridized carbons (Fsp3) is 0.667. The molecule has 0 saturated heterocycles. The van der Waals surface area contributed by atoms with E-state index >= 15 is 0 Å². The first-order valence-corrected chi connectivity index (χ1v) is 8.95. The molecule has 1 aliphatic carbocycles. The molecule has 0 aromatic carbocycles. The Morgan fingerprint density at radius 2 is 2.09 bits per heavy atom. The Morgan fingerprint density at radius 1 is 1.41 bits per heavy atom. The lowest BCUT2D eigenvalue weighted by molar-refractivity contribution is -0.00320. The van der Waals surface area contributed by atoms with E-state index in [2.05, 4.69) is 31.1 Å². The van der Waals surface area contributed by atoms with Crippen LogP contribution < -0.4 is 10.5 Å². The smallest absolute Gasteiger partial charge is 0.238 e. The molecule has 0 radical (unpaired) electrons. The van der Waals surface area contributed by atoms with Gasteiger partial charge in [-0.15, -0.1) is 0 Å². The van der Waals surface area contributed by atoms with Crippen LogP contribution in [0.4, 0.5) is 5.82 Å². The molecule has 1 fully saturated rings. The number of aliphatic hydroxyl groups excluding tert-OH is 1. The average Bonchev–Trinajstić information content (AvgIpc) is 2.33. The van der Waals surface area contributed by atoms with Crippen LogP contribution in [-0.2, 0) is 10.0 Å². The molecule has 1 aromatic rings. The summed E-state index contributed by atoms with van der Waals surface area (Å²) in [6.45, 7) is 7.07. The molecule has 1 heterocycles. The fourth-order valence-electron chi connectivity index (χ4n) is 3.70. The predicted octanol–water partition coefficient (Wildman–Crippen LogP) is 1.72. The van der Waals surface area contributed by atoms with E-state index in [0.29, 0.717) is 12.4 Å². The third-order valence-corrected chi connectivity index (χ3v) is 5.09. The Hall–Kier alpha value is -1.18. The Labute approximate surface area is 132 Å². The van der Waals surface area contributed by atoms with Gasteiger partial charge < -0.3 is 10.4 Å². The number of nitrogens with zero attached hydrogens (tertiary/aromatic N) is 1. The molecule has 6 nitrogen and oxygen atoms in total. The van der Waals surface area contributed by atoms with E-state index in [9.17, 15) is 13.5 Å². The van der Waals surface area contributed by atoms with Crippen molar-refractivity contribution in [3.8, 4) is 0 Å². The number of rotatable bonds is 4. The molecule has 2 unspecified atom stereocenters. The van der Waals surface area contributed by atoms with Crippen LogP contribution in [0.5, 0.6) is 0 Å². The maximum absolute atomic E-state index is 11.4. The average molecular weight is 327 g/mol. The van der Waals surface area contributed by atoms with Crippen molar-refractivity contribution in [3.05, 3.63) is 18.3 Å². The van der Waals surface area contributed by atoms with Crippen LogP contribution in [0.15, 0.2) is 23.2 Å². The number of sulfonamides is 1. The second-order valence-electron chi connectivity index (χ2n) is 7.49. The van der Waals surface area contributed by atoms with Crippen molar-refractivity contribution in [2.75, 3.05) is 11.9 Å². The summed E-state index contributed by atoms with van der Waals surface area (Å²) in [7, 11) is -3.73. The number of nitrogens with two attached hydrogens (primary N) is 1. The molecule has 7 heteroatoms. The van der Waals surface area contributed by atoms with Gasteiger partial charge in [-0.25, -0.2) is 18.5 Å². The Bertz CT molecular complexity index is 645. The molecule has 2 rings (SSSR count). The molecule has 0 bridgehead atoms. The highest BCUT2D eigenvalue weighted by molar-refractivity contribution is 7.89. The summed E-state index contributed by atoms with van der Waals surface area (Å²) in [6, 6.07) is 2.80. The van der Waals surface area contributed by atoms with E-state index < -0.39 is 10.0 Å². The molecule has 124 valence electrons. The van der Waals surface area contributed by atoms with Gasteiger partial charge in [0.15, 0.2) is 0 Å². The van der Waals surface area contributed by atoms with Gasteiger partial charge in [-0.2, -0.15) is 0 Å². The number of primary sulfonamides is 1. The Balaban J connectivity index is 2.09. The molecule has 0 spiro atoms. The number of aliphatic hydroxyl groups is 1. The Kier molecular flexibility index (Phi) is 4.52. The zero-order valence-electron chi connectivity index (χ0n) is 13.3. The number of aromatic nitrogens is 1. The van der Waals surface area contributed by atoms with Gasteiger partial charge in [0.05, 0.1) is 11.0 Å². The van der Waals surface area contributed by atoms with Crippen molar-refractivity contribution in [1.29, 1.82) is 0 Å². The summed E-state index contributed by atoms with van der Waals surface area (Å²) in [5.41, 5.74) is 0.0183. The molecule has 1 saturated carbocycles. The summed E-state index contributed by atoms with van der Waals surface area (Å²) in [4.78, 5) is 4.17. The minimum Gasteiger partial charge on any atom is -0.393 e.